The molecule has 0 spiro atoms. The van der Waals surface area contributed by atoms with Crippen LogP contribution < -0.4 is 5.32 Å². The topological polar surface area (TPSA) is 79.4 Å². The first kappa shape index (κ1) is 17.1. The largest absolute Gasteiger partial charge is 0.322 e. The Morgan fingerprint density at radius 1 is 1.04 bits per heavy atom. The molecule has 25 heavy (non-hydrogen) atoms. The lowest BCUT2D eigenvalue weighted by molar-refractivity contribution is 0.102. The highest BCUT2D eigenvalue weighted by molar-refractivity contribution is 7.89. The average Bonchev–Trinajstić information content (AvgIpc) is 2.61. The first-order valence-corrected chi connectivity index (χ1v) is 9.01. The molecule has 0 aliphatic heterocycles. The molecule has 0 bridgehead atoms. The van der Waals surface area contributed by atoms with Crippen LogP contribution in [-0.4, -0.2) is 37.7 Å². The molecule has 3 rings (SSSR count). The van der Waals surface area contributed by atoms with Crippen LogP contribution in [0.1, 0.15) is 10.4 Å². The lowest BCUT2D eigenvalue weighted by atomic mass is 10.1. The van der Waals surface area contributed by atoms with Gasteiger partial charge in [-0.05, 0) is 30.3 Å². The molecule has 6 nitrogen and oxygen atoms in total. The van der Waals surface area contributed by atoms with Gasteiger partial charge in [-0.3, -0.25) is 9.78 Å². The molecule has 1 amide bonds. The van der Waals surface area contributed by atoms with Gasteiger partial charge < -0.3 is 5.32 Å². The number of pyridine rings is 1. The van der Waals surface area contributed by atoms with E-state index in [1.54, 1.807) is 36.5 Å². The highest BCUT2D eigenvalue weighted by atomic mass is 32.2. The predicted molar refractivity (Wildman–Crippen MR) is 97.0 cm³/mol. The number of amides is 1. The second-order valence-corrected chi connectivity index (χ2v) is 7.80. The number of carbonyl (C=O) groups excluding carboxylic acids is 1. The monoisotopic (exact) mass is 355 g/mol. The molecular formula is C18H17N3O3S. The van der Waals surface area contributed by atoms with Crippen LogP contribution in [0.25, 0.3) is 10.9 Å². The van der Waals surface area contributed by atoms with Crippen LogP contribution in [0.3, 0.4) is 0 Å². The summed E-state index contributed by atoms with van der Waals surface area (Å²) in [5.41, 5.74) is 1.43. The van der Waals surface area contributed by atoms with Gasteiger partial charge in [-0.1, -0.05) is 24.3 Å². The zero-order valence-corrected chi connectivity index (χ0v) is 14.6. The van der Waals surface area contributed by atoms with Crippen LogP contribution in [0.4, 0.5) is 5.69 Å². The molecule has 1 aromatic heterocycles. The van der Waals surface area contributed by atoms with Crippen molar-refractivity contribution in [1.82, 2.24) is 9.29 Å². The minimum atomic E-state index is -3.56. The summed E-state index contributed by atoms with van der Waals surface area (Å²) in [5.74, 6) is -0.344. The van der Waals surface area contributed by atoms with Gasteiger partial charge in [0.25, 0.3) is 5.91 Å². The fraction of sp³-hybridized carbons (Fsp3) is 0.111. The Morgan fingerprint density at radius 3 is 2.52 bits per heavy atom. The zero-order chi connectivity index (χ0) is 18.0. The zero-order valence-electron chi connectivity index (χ0n) is 13.8. The second-order valence-electron chi connectivity index (χ2n) is 5.65. The number of sulfonamides is 1. The van der Waals surface area contributed by atoms with E-state index in [0.717, 1.165) is 9.69 Å². The molecule has 128 valence electrons. The molecule has 0 atom stereocenters. The van der Waals surface area contributed by atoms with Crippen molar-refractivity contribution < 1.29 is 13.2 Å². The van der Waals surface area contributed by atoms with Crippen LogP contribution in [0.15, 0.2) is 65.7 Å². The Balaban J connectivity index is 1.94. The fourth-order valence-electron chi connectivity index (χ4n) is 2.43. The Morgan fingerprint density at radius 2 is 1.76 bits per heavy atom. The molecule has 0 unspecified atom stereocenters. The number of hydrogen-bond acceptors (Lipinski definition) is 4. The number of nitrogens with zero attached hydrogens (tertiary/aromatic N) is 2. The summed E-state index contributed by atoms with van der Waals surface area (Å²) in [7, 11) is -0.643. The number of para-hydroxylation sites is 1. The van der Waals surface area contributed by atoms with E-state index in [1.807, 2.05) is 12.1 Å². The van der Waals surface area contributed by atoms with Gasteiger partial charge in [0.1, 0.15) is 0 Å². The average molecular weight is 355 g/mol. The van der Waals surface area contributed by atoms with E-state index in [0.29, 0.717) is 16.8 Å². The summed E-state index contributed by atoms with van der Waals surface area (Å²) < 4.78 is 25.6. The van der Waals surface area contributed by atoms with Gasteiger partial charge in [-0.15, -0.1) is 0 Å². The summed E-state index contributed by atoms with van der Waals surface area (Å²) >= 11 is 0. The Labute approximate surface area is 146 Å². The molecular weight excluding hydrogens is 338 g/mol. The lowest BCUT2D eigenvalue weighted by Crippen LogP contribution is -2.22. The van der Waals surface area contributed by atoms with Gasteiger partial charge in [-0.2, -0.15) is 0 Å². The Hall–Kier alpha value is -2.77. The van der Waals surface area contributed by atoms with E-state index in [9.17, 15) is 13.2 Å². The third-order valence-electron chi connectivity index (χ3n) is 3.75. The minimum absolute atomic E-state index is 0.117. The summed E-state index contributed by atoms with van der Waals surface area (Å²) in [5, 5.41) is 3.60. The molecule has 3 aromatic rings. The highest BCUT2D eigenvalue weighted by Crippen LogP contribution is 2.20. The summed E-state index contributed by atoms with van der Waals surface area (Å²) in [4.78, 5) is 17.0. The Bertz CT molecular complexity index is 1040. The van der Waals surface area contributed by atoms with E-state index in [-0.39, 0.29) is 10.8 Å². The van der Waals surface area contributed by atoms with Crippen molar-refractivity contribution in [1.29, 1.82) is 0 Å². The number of benzene rings is 2. The smallest absolute Gasteiger partial charge is 0.257 e. The van der Waals surface area contributed by atoms with Gasteiger partial charge in [0.05, 0.1) is 16.0 Å². The molecule has 0 radical (unpaired) electrons. The van der Waals surface area contributed by atoms with Crippen molar-refractivity contribution in [3.8, 4) is 0 Å². The van der Waals surface area contributed by atoms with E-state index in [2.05, 4.69) is 10.3 Å². The van der Waals surface area contributed by atoms with Crippen LogP contribution in [0, 0.1) is 0 Å². The van der Waals surface area contributed by atoms with Crippen LogP contribution in [0.5, 0.6) is 0 Å². The molecule has 0 aliphatic rings. The van der Waals surface area contributed by atoms with Crippen LogP contribution in [-0.2, 0) is 10.0 Å². The maximum absolute atomic E-state index is 12.6. The SMILES string of the molecule is CN(C)S(=O)(=O)c1cccc(NC(=O)c2cccc3cccnc23)c1. The van der Waals surface area contributed by atoms with E-state index >= 15 is 0 Å². The highest BCUT2D eigenvalue weighted by Gasteiger charge is 2.18. The number of fused-ring (bicyclic) bond motifs is 1. The van der Waals surface area contributed by atoms with Gasteiger partial charge >= 0.3 is 0 Å². The van der Waals surface area contributed by atoms with Gasteiger partial charge in [0, 0.05) is 31.4 Å². The maximum Gasteiger partial charge on any atom is 0.257 e. The summed E-state index contributed by atoms with van der Waals surface area (Å²) in [6.07, 6.45) is 1.63. The molecule has 1 heterocycles. The van der Waals surface area contributed by atoms with Gasteiger partial charge in [0.2, 0.25) is 10.0 Å². The molecule has 2 aromatic carbocycles. The third-order valence-corrected chi connectivity index (χ3v) is 5.56. The van der Waals surface area contributed by atoms with Crippen molar-refractivity contribution in [2.45, 2.75) is 4.90 Å². The summed E-state index contributed by atoms with van der Waals surface area (Å²) in [6, 6.07) is 15.2. The van der Waals surface area contributed by atoms with E-state index in [4.69, 9.17) is 0 Å². The van der Waals surface area contributed by atoms with Crippen LogP contribution >= 0.6 is 0 Å². The number of aromatic nitrogens is 1. The van der Waals surface area contributed by atoms with Crippen molar-refractivity contribution in [3.63, 3.8) is 0 Å². The fourth-order valence-corrected chi connectivity index (χ4v) is 3.38. The van der Waals surface area contributed by atoms with E-state index < -0.39 is 10.0 Å². The minimum Gasteiger partial charge on any atom is -0.322 e. The number of anilines is 1. The van der Waals surface area contributed by atoms with Gasteiger partial charge in [-0.25, -0.2) is 12.7 Å². The van der Waals surface area contributed by atoms with Crippen molar-refractivity contribution in [3.05, 3.63) is 66.4 Å². The lowest BCUT2D eigenvalue weighted by Gasteiger charge is -2.13. The van der Waals surface area contributed by atoms with Crippen molar-refractivity contribution >= 4 is 32.5 Å². The third kappa shape index (κ3) is 3.38. The number of nitrogens with one attached hydrogen (secondary N) is 1. The van der Waals surface area contributed by atoms with E-state index in [1.165, 1.54) is 26.2 Å². The number of carbonyl (C=O) groups is 1. The molecule has 0 saturated carbocycles. The standard InChI is InChI=1S/C18H17N3O3S/c1-21(2)25(23,24)15-9-4-8-14(12-15)20-18(22)16-10-3-6-13-7-5-11-19-17(13)16/h3-12H,1-2H3,(H,20,22). The first-order chi connectivity index (χ1) is 11.9. The van der Waals surface area contributed by atoms with Crippen molar-refractivity contribution in [2.24, 2.45) is 0 Å². The molecule has 0 aliphatic carbocycles. The quantitative estimate of drug-likeness (QED) is 0.780. The summed E-state index contributed by atoms with van der Waals surface area (Å²) in [6.45, 7) is 0. The predicted octanol–water partition coefficient (Wildman–Crippen LogP) is 2.74. The normalized spacial score (nSPS) is 11.6. The first-order valence-electron chi connectivity index (χ1n) is 7.57. The van der Waals surface area contributed by atoms with Gasteiger partial charge in [0.15, 0.2) is 0 Å². The number of rotatable bonds is 4. The van der Waals surface area contributed by atoms with Crippen LogP contribution in [0.2, 0.25) is 0 Å². The molecule has 1 N–H and O–H groups in total. The molecule has 7 heteroatoms. The second kappa shape index (κ2) is 6.62. The van der Waals surface area contributed by atoms with Crippen molar-refractivity contribution in [2.75, 3.05) is 19.4 Å². The molecule has 0 fully saturated rings. The maximum atomic E-state index is 12.6. The molecule has 0 saturated heterocycles. The Kier molecular flexibility index (Phi) is 4.52. The number of hydrogen-bond donors (Lipinski definition) is 1.